The Balaban J connectivity index is 1.46. The predicted octanol–water partition coefficient (Wildman–Crippen LogP) is 4.60. The van der Waals surface area contributed by atoms with E-state index in [9.17, 15) is 4.39 Å². The van der Waals surface area contributed by atoms with Gasteiger partial charge in [-0.3, -0.25) is 4.57 Å². The highest BCUT2D eigenvalue weighted by molar-refractivity contribution is 6.30. The molecular formula is C22H19ClFN7O. The fraction of sp³-hybridized carbons (Fsp3) is 0.182. The summed E-state index contributed by atoms with van der Waals surface area (Å²) >= 11 is 6.46. The molecule has 8 nitrogen and oxygen atoms in total. The first-order valence-electron chi connectivity index (χ1n) is 9.93. The maximum absolute atomic E-state index is 13.3. The number of nitrogens with zero attached hydrogens (tertiary/aromatic N) is 6. The second kappa shape index (κ2) is 8.08. The van der Waals surface area contributed by atoms with E-state index in [1.165, 1.54) is 12.1 Å². The smallest absolute Gasteiger partial charge is 0.230 e. The molecule has 162 valence electrons. The average molecular weight is 452 g/mol. The van der Waals surface area contributed by atoms with Gasteiger partial charge in [0.25, 0.3) is 0 Å². The SMILES string of the molecule is COc1cc(Nc2nc(Cl)c3c(n2)N(c2ccc(F)cc2)CC3)cnc1-n1cnc(C)c1. The molecule has 0 atom stereocenters. The van der Waals surface area contributed by atoms with Crippen molar-refractivity contribution in [2.75, 3.05) is 23.9 Å². The molecule has 4 heterocycles. The number of ether oxygens (including phenoxy) is 1. The highest BCUT2D eigenvalue weighted by Crippen LogP contribution is 2.37. The number of aromatic nitrogens is 5. The van der Waals surface area contributed by atoms with Gasteiger partial charge >= 0.3 is 0 Å². The van der Waals surface area contributed by atoms with Gasteiger partial charge in [-0.15, -0.1) is 0 Å². The van der Waals surface area contributed by atoms with E-state index in [4.69, 9.17) is 16.3 Å². The molecule has 1 N–H and O–H groups in total. The van der Waals surface area contributed by atoms with Gasteiger partial charge in [0.05, 0.1) is 24.7 Å². The molecule has 5 rings (SSSR count). The first-order valence-corrected chi connectivity index (χ1v) is 10.3. The molecule has 1 aliphatic rings. The van der Waals surface area contributed by atoms with Crippen molar-refractivity contribution in [3.8, 4) is 11.6 Å². The van der Waals surface area contributed by atoms with Gasteiger partial charge in [-0.25, -0.2) is 19.3 Å². The van der Waals surface area contributed by atoms with Crippen LogP contribution in [0.5, 0.6) is 5.75 Å². The van der Waals surface area contributed by atoms with E-state index in [2.05, 4.69) is 25.3 Å². The third kappa shape index (κ3) is 3.71. The van der Waals surface area contributed by atoms with Crippen LogP contribution in [0.4, 0.5) is 27.5 Å². The van der Waals surface area contributed by atoms with E-state index < -0.39 is 0 Å². The Morgan fingerprint density at radius 1 is 1.12 bits per heavy atom. The number of anilines is 4. The van der Waals surface area contributed by atoms with Gasteiger partial charge in [-0.2, -0.15) is 4.98 Å². The largest absolute Gasteiger partial charge is 0.493 e. The highest BCUT2D eigenvalue weighted by atomic mass is 35.5. The first-order chi connectivity index (χ1) is 15.5. The van der Waals surface area contributed by atoms with Crippen molar-refractivity contribution in [2.45, 2.75) is 13.3 Å². The van der Waals surface area contributed by atoms with Crippen molar-refractivity contribution >= 4 is 34.7 Å². The van der Waals surface area contributed by atoms with Gasteiger partial charge in [0.2, 0.25) is 5.95 Å². The highest BCUT2D eigenvalue weighted by Gasteiger charge is 2.26. The number of methoxy groups -OCH3 is 1. The van der Waals surface area contributed by atoms with Gasteiger partial charge < -0.3 is 15.0 Å². The van der Waals surface area contributed by atoms with Crippen molar-refractivity contribution < 1.29 is 9.13 Å². The zero-order valence-corrected chi connectivity index (χ0v) is 18.1. The number of hydrogen-bond donors (Lipinski definition) is 1. The van der Waals surface area contributed by atoms with E-state index in [0.29, 0.717) is 47.1 Å². The van der Waals surface area contributed by atoms with Crippen LogP contribution in [0.15, 0.2) is 49.1 Å². The van der Waals surface area contributed by atoms with E-state index in [1.807, 2.05) is 18.0 Å². The van der Waals surface area contributed by atoms with E-state index >= 15 is 0 Å². The molecule has 0 amide bonds. The number of nitrogens with one attached hydrogen (secondary N) is 1. The van der Waals surface area contributed by atoms with Crippen LogP contribution in [0, 0.1) is 12.7 Å². The fourth-order valence-electron chi connectivity index (χ4n) is 3.66. The number of fused-ring (bicyclic) bond motifs is 1. The molecule has 0 saturated carbocycles. The van der Waals surface area contributed by atoms with Crippen LogP contribution in [0.3, 0.4) is 0 Å². The van der Waals surface area contributed by atoms with Gasteiger partial charge in [0, 0.05) is 30.1 Å². The molecule has 32 heavy (non-hydrogen) atoms. The Morgan fingerprint density at radius 2 is 1.94 bits per heavy atom. The number of aryl methyl sites for hydroxylation is 1. The summed E-state index contributed by atoms with van der Waals surface area (Å²) in [4.78, 5) is 19.8. The minimum Gasteiger partial charge on any atom is -0.493 e. The molecule has 10 heteroatoms. The molecule has 0 bridgehead atoms. The van der Waals surface area contributed by atoms with Gasteiger partial charge in [0.1, 0.15) is 23.1 Å². The summed E-state index contributed by atoms with van der Waals surface area (Å²) in [6, 6.07) is 8.10. The maximum atomic E-state index is 13.3. The van der Waals surface area contributed by atoms with Crippen molar-refractivity contribution in [2.24, 2.45) is 0 Å². The molecule has 4 aromatic rings. The second-order valence-electron chi connectivity index (χ2n) is 7.32. The molecule has 3 aromatic heterocycles. The van der Waals surface area contributed by atoms with Crippen molar-refractivity contribution in [3.63, 3.8) is 0 Å². The summed E-state index contributed by atoms with van der Waals surface area (Å²) in [6.45, 7) is 2.59. The molecule has 0 radical (unpaired) electrons. The zero-order chi connectivity index (χ0) is 22.2. The van der Waals surface area contributed by atoms with Gasteiger partial charge in [-0.05, 0) is 37.6 Å². The molecule has 0 saturated heterocycles. The molecule has 1 aromatic carbocycles. The van der Waals surface area contributed by atoms with Gasteiger partial charge in [0.15, 0.2) is 11.6 Å². The summed E-state index contributed by atoms with van der Waals surface area (Å²) in [6.07, 6.45) is 5.92. The summed E-state index contributed by atoms with van der Waals surface area (Å²) < 4.78 is 20.6. The third-order valence-electron chi connectivity index (χ3n) is 5.18. The normalized spacial score (nSPS) is 12.7. The topological polar surface area (TPSA) is 81.0 Å². The molecule has 0 fully saturated rings. The van der Waals surface area contributed by atoms with Crippen LogP contribution in [-0.2, 0) is 6.42 Å². The van der Waals surface area contributed by atoms with Crippen molar-refractivity contribution in [1.82, 2.24) is 24.5 Å². The van der Waals surface area contributed by atoms with Crippen molar-refractivity contribution in [3.05, 3.63) is 71.3 Å². The lowest BCUT2D eigenvalue weighted by molar-refractivity contribution is 0.411. The molecular weight excluding hydrogens is 433 g/mol. The number of rotatable bonds is 5. The Morgan fingerprint density at radius 3 is 2.66 bits per heavy atom. The number of imidazole rings is 1. The van der Waals surface area contributed by atoms with Crippen LogP contribution in [0.25, 0.3) is 5.82 Å². The van der Waals surface area contributed by atoms with Crippen LogP contribution in [-0.4, -0.2) is 38.2 Å². The number of benzene rings is 1. The third-order valence-corrected chi connectivity index (χ3v) is 5.49. The van der Waals surface area contributed by atoms with Gasteiger partial charge in [-0.1, -0.05) is 11.6 Å². The minimum absolute atomic E-state index is 0.285. The number of halogens is 2. The Bertz CT molecular complexity index is 1290. The van der Waals surface area contributed by atoms with E-state index in [0.717, 1.165) is 16.9 Å². The summed E-state index contributed by atoms with van der Waals surface area (Å²) in [5, 5.41) is 3.54. The lowest BCUT2D eigenvalue weighted by Crippen LogP contribution is -2.15. The first kappa shape index (κ1) is 20.2. The standard InChI is InChI=1S/C22H19ClFN7O/c1-13-11-30(12-26-13)21-18(32-2)9-15(10-25-21)27-22-28-19(23)17-7-8-31(20(17)29-22)16-5-3-14(24)4-6-16/h3-6,9-12H,7-8H2,1-2H3,(H,27,28,29). The number of pyridine rings is 1. The van der Waals surface area contributed by atoms with Crippen molar-refractivity contribution in [1.29, 1.82) is 0 Å². The quantitative estimate of drug-likeness (QED) is 0.444. The summed E-state index contributed by atoms with van der Waals surface area (Å²) in [5.41, 5.74) is 3.23. The van der Waals surface area contributed by atoms with E-state index in [-0.39, 0.29) is 5.82 Å². The molecule has 1 aliphatic heterocycles. The van der Waals surface area contributed by atoms with Crippen LogP contribution >= 0.6 is 11.6 Å². The van der Waals surface area contributed by atoms with Crippen LogP contribution in [0.1, 0.15) is 11.3 Å². The second-order valence-corrected chi connectivity index (χ2v) is 7.67. The monoisotopic (exact) mass is 451 g/mol. The predicted molar refractivity (Wildman–Crippen MR) is 120 cm³/mol. The summed E-state index contributed by atoms with van der Waals surface area (Å²) in [7, 11) is 1.58. The molecule has 0 aliphatic carbocycles. The molecule has 0 unspecified atom stereocenters. The summed E-state index contributed by atoms with van der Waals surface area (Å²) in [5.74, 6) is 1.93. The van der Waals surface area contributed by atoms with E-state index in [1.54, 1.807) is 42.4 Å². The van der Waals surface area contributed by atoms with Crippen LogP contribution < -0.4 is 15.0 Å². The van der Waals surface area contributed by atoms with Crippen LogP contribution in [0.2, 0.25) is 5.15 Å². The maximum Gasteiger partial charge on any atom is 0.230 e. The Hall–Kier alpha value is -3.72. The fourth-order valence-corrected chi connectivity index (χ4v) is 3.92. The lowest BCUT2D eigenvalue weighted by Gasteiger charge is -2.19. The number of hydrogen-bond acceptors (Lipinski definition) is 7. The lowest BCUT2D eigenvalue weighted by atomic mass is 10.3. The minimum atomic E-state index is -0.285. The zero-order valence-electron chi connectivity index (χ0n) is 17.4. The Labute approximate surface area is 188 Å². The average Bonchev–Trinajstić information content (AvgIpc) is 3.41. The molecule has 0 spiro atoms. The Kier molecular flexibility index (Phi) is 5.10.